The lowest BCUT2D eigenvalue weighted by molar-refractivity contribution is -0.153. The fourth-order valence-electron chi connectivity index (χ4n) is 3.05. The second kappa shape index (κ2) is 9.09. The van der Waals surface area contributed by atoms with E-state index in [2.05, 4.69) is 5.32 Å². The van der Waals surface area contributed by atoms with E-state index < -0.39 is 18.0 Å². The molecule has 0 saturated heterocycles. The molecule has 2 aromatic rings. The van der Waals surface area contributed by atoms with Gasteiger partial charge in [-0.1, -0.05) is 29.8 Å². The van der Waals surface area contributed by atoms with Crippen LogP contribution in [0.15, 0.2) is 42.5 Å². The van der Waals surface area contributed by atoms with Crippen molar-refractivity contribution in [2.24, 2.45) is 0 Å². The third-order valence-corrected chi connectivity index (χ3v) is 5.16. The zero-order valence-electron chi connectivity index (χ0n) is 16.6. The van der Waals surface area contributed by atoms with E-state index in [1.165, 1.54) is 6.92 Å². The number of rotatable bonds is 7. The number of ether oxygens (including phenoxy) is 1. The topological polar surface area (TPSA) is 92.8 Å². The molecule has 3 rings (SSSR count). The van der Waals surface area contributed by atoms with Gasteiger partial charge in [-0.05, 0) is 50.1 Å². The Morgan fingerprint density at radius 3 is 2.33 bits per heavy atom. The van der Waals surface area contributed by atoms with Gasteiger partial charge in [0.25, 0.3) is 17.7 Å². The maximum atomic E-state index is 12.3. The van der Waals surface area contributed by atoms with Gasteiger partial charge in [0.05, 0.1) is 11.1 Å². The number of anilines is 1. The van der Waals surface area contributed by atoms with Crippen molar-refractivity contribution < 1.29 is 23.9 Å². The van der Waals surface area contributed by atoms with Gasteiger partial charge in [0.15, 0.2) is 6.10 Å². The van der Waals surface area contributed by atoms with Gasteiger partial charge in [-0.2, -0.15) is 0 Å². The molecule has 1 N–H and O–H groups in total. The Morgan fingerprint density at radius 1 is 1.10 bits per heavy atom. The number of nitrogens with zero attached hydrogens (tertiary/aromatic N) is 1. The molecular weight excluding hydrogens is 408 g/mol. The van der Waals surface area contributed by atoms with E-state index in [4.69, 9.17) is 16.3 Å². The standard InChI is InChI=1S/C22H21ClN2O5/c1-13-9-10-15(12-18(13)23)24-20(27)14(2)30-19(26)8-5-11-25-21(28)16-6-3-4-7-17(16)22(25)29/h3-4,6-7,9-10,12,14H,5,8,11H2,1-2H3,(H,24,27). The summed E-state index contributed by atoms with van der Waals surface area (Å²) in [5.41, 5.74) is 2.12. The molecule has 1 atom stereocenters. The maximum absolute atomic E-state index is 12.3. The Morgan fingerprint density at radius 2 is 1.73 bits per heavy atom. The summed E-state index contributed by atoms with van der Waals surface area (Å²) in [4.78, 5) is 50.0. The maximum Gasteiger partial charge on any atom is 0.306 e. The summed E-state index contributed by atoms with van der Waals surface area (Å²) in [5, 5.41) is 3.16. The van der Waals surface area contributed by atoms with Crippen LogP contribution in [0.3, 0.4) is 0 Å². The van der Waals surface area contributed by atoms with E-state index in [-0.39, 0.29) is 31.2 Å². The Balaban J connectivity index is 1.45. The largest absolute Gasteiger partial charge is 0.453 e. The zero-order valence-corrected chi connectivity index (χ0v) is 17.4. The molecule has 7 nitrogen and oxygen atoms in total. The molecule has 0 bridgehead atoms. The number of aryl methyl sites for hydroxylation is 1. The first-order chi connectivity index (χ1) is 14.3. The molecule has 2 aromatic carbocycles. The molecule has 30 heavy (non-hydrogen) atoms. The average Bonchev–Trinajstić information content (AvgIpc) is 2.96. The minimum absolute atomic E-state index is 0.0264. The predicted octanol–water partition coefficient (Wildman–Crippen LogP) is 3.60. The highest BCUT2D eigenvalue weighted by molar-refractivity contribution is 6.31. The highest BCUT2D eigenvalue weighted by Crippen LogP contribution is 2.23. The van der Waals surface area contributed by atoms with Gasteiger partial charge in [0.1, 0.15) is 0 Å². The lowest BCUT2D eigenvalue weighted by atomic mass is 10.1. The van der Waals surface area contributed by atoms with E-state index in [9.17, 15) is 19.2 Å². The van der Waals surface area contributed by atoms with Crippen LogP contribution < -0.4 is 5.32 Å². The Hall–Kier alpha value is -3.19. The molecule has 1 unspecified atom stereocenters. The van der Waals surface area contributed by atoms with Crippen molar-refractivity contribution >= 4 is 41.0 Å². The normalized spacial score (nSPS) is 13.8. The van der Waals surface area contributed by atoms with Crippen molar-refractivity contribution in [3.05, 3.63) is 64.2 Å². The van der Waals surface area contributed by atoms with Crippen LogP contribution in [0.4, 0.5) is 5.69 Å². The molecule has 0 aromatic heterocycles. The second-order valence-corrected chi connectivity index (χ2v) is 7.40. The van der Waals surface area contributed by atoms with Crippen molar-refractivity contribution in [1.29, 1.82) is 0 Å². The third kappa shape index (κ3) is 4.68. The van der Waals surface area contributed by atoms with Gasteiger partial charge in [-0.15, -0.1) is 0 Å². The van der Waals surface area contributed by atoms with Crippen molar-refractivity contribution in [3.63, 3.8) is 0 Å². The summed E-state index contributed by atoms with van der Waals surface area (Å²) in [6.07, 6.45) is -0.787. The van der Waals surface area contributed by atoms with Crippen molar-refractivity contribution in [2.75, 3.05) is 11.9 Å². The zero-order chi connectivity index (χ0) is 21.8. The lowest BCUT2D eigenvalue weighted by Gasteiger charge is -2.15. The number of fused-ring (bicyclic) bond motifs is 1. The SMILES string of the molecule is Cc1ccc(NC(=O)C(C)OC(=O)CCCN2C(=O)c3ccccc3C2=O)cc1Cl. The predicted molar refractivity (Wildman–Crippen MR) is 111 cm³/mol. The molecule has 0 saturated carbocycles. The van der Waals surface area contributed by atoms with Gasteiger partial charge in [-0.25, -0.2) is 0 Å². The monoisotopic (exact) mass is 428 g/mol. The van der Waals surface area contributed by atoms with Crippen molar-refractivity contribution in [2.45, 2.75) is 32.8 Å². The van der Waals surface area contributed by atoms with Crippen LogP contribution in [-0.4, -0.2) is 41.2 Å². The molecule has 3 amide bonds. The summed E-state index contributed by atoms with van der Waals surface area (Å²) in [6, 6.07) is 11.7. The lowest BCUT2D eigenvalue weighted by Crippen LogP contribution is -2.32. The number of carbonyl (C=O) groups is 4. The number of hydrogen-bond acceptors (Lipinski definition) is 5. The molecule has 1 heterocycles. The quantitative estimate of drug-likeness (QED) is 0.537. The number of hydrogen-bond donors (Lipinski definition) is 1. The number of halogens is 1. The van der Waals surface area contributed by atoms with E-state index in [1.54, 1.807) is 42.5 Å². The molecule has 1 aliphatic heterocycles. The second-order valence-electron chi connectivity index (χ2n) is 7.00. The Labute approximate surface area is 179 Å². The minimum atomic E-state index is -1.00. The Kier molecular flexibility index (Phi) is 6.52. The molecule has 156 valence electrons. The molecule has 0 spiro atoms. The van der Waals surface area contributed by atoms with E-state index in [0.717, 1.165) is 10.5 Å². The number of carbonyl (C=O) groups excluding carboxylic acids is 4. The summed E-state index contributed by atoms with van der Waals surface area (Å²) in [5.74, 6) is -1.80. The number of benzene rings is 2. The van der Waals surface area contributed by atoms with Crippen LogP contribution in [0, 0.1) is 6.92 Å². The molecule has 1 aliphatic rings. The van der Waals surface area contributed by atoms with E-state index >= 15 is 0 Å². The minimum Gasteiger partial charge on any atom is -0.453 e. The summed E-state index contributed by atoms with van der Waals surface area (Å²) >= 11 is 6.03. The summed E-state index contributed by atoms with van der Waals surface area (Å²) in [6.45, 7) is 3.41. The number of nitrogens with one attached hydrogen (secondary N) is 1. The van der Waals surface area contributed by atoms with Crippen molar-refractivity contribution in [1.82, 2.24) is 4.90 Å². The van der Waals surface area contributed by atoms with E-state index in [1.807, 2.05) is 6.92 Å². The van der Waals surface area contributed by atoms with Crippen LogP contribution >= 0.6 is 11.6 Å². The van der Waals surface area contributed by atoms with Gasteiger partial charge in [0, 0.05) is 23.7 Å². The van der Waals surface area contributed by atoms with Crippen LogP contribution in [0.1, 0.15) is 46.0 Å². The van der Waals surface area contributed by atoms with Gasteiger partial charge in [-0.3, -0.25) is 24.1 Å². The smallest absolute Gasteiger partial charge is 0.306 e. The molecule has 0 radical (unpaired) electrons. The van der Waals surface area contributed by atoms with Crippen LogP contribution in [0.5, 0.6) is 0 Å². The molecule has 0 aliphatic carbocycles. The van der Waals surface area contributed by atoms with Crippen molar-refractivity contribution in [3.8, 4) is 0 Å². The van der Waals surface area contributed by atoms with Gasteiger partial charge < -0.3 is 10.1 Å². The van der Waals surface area contributed by atoms with Crippen LogP contribution in [0.25, 0.3) is 0 Å². The van der Waals surface area contributed by atoms with Gasteiger partial charge >= 0.3 is 5.97 Å². The number of imide groups is 1. The summed E-state index contributed by atoms with van der Waals surface area (Å²) < 4.78 is 5.15. The van der Waals surface area contributed by atoms with E-state index in [0.29, 0.717) is 21.8 Å². The van der Waals surface area contributed by atoms with Gasteiger partial charge in [0.2, 0.25) is 0 Å². The molecular formula is C22H21ClN2O5. The van der Waals surface area contributed by atoms with Crippen LogP contribution in [0.2, 0.25) is 5.02 Å². The third-order valence-electron chi connectivity index (χ3n) is 4.76. The average molecular weight is 429 g/mol. The fraction of sp³-hybridized carbons (Fsp3) is 0.273. The first-order valence-electron chi connectivity index (χ1n) is 9.49. The Bertz CT molecular complexity index is 985. The molecule has 8 heteroatoms. The number of amides is 3. The van der Waals surface area contributed by atoms with Crippen LogP contribution in [-0.2, 0) is 14.3 Å². The number of esters is 1. The highest BCUT2D eigenvalue weighted by atomic mass is 35.5. The fourth-order valence-corrected chi connectivity index (χ4v) is 3.23. The molecule has 0 fully saturated rings. The summed E-state index contributed by atoms with van der Waals surface area (Å²) in [7, 11) is 0. The highest BCUT2D eigenvalue weighted by Gasteiger charge is 2.34. The first kappa shape index (κ1) is 21.5. The first-order valence-corrected chi connectivity index (χ1v) is 9.87.